The van der Waals surface area contributed by atoms with Gasteiger partial charge in [0, 0.05) is 12.8 Å². The van der Waals surface area contributed by atoms with Crippen molar-refractivity contribution < 1.29 is 9.47 Å². The Morgan fingerprint density at radius 3 is 1.57 bits per heavy atom. The topological polar surface area (TPSA) is 18.5 Å². The molecular formula is C21H40O2. The van der Waals surface area contributed by atoms with Crippen molar-refractivity contribution in [2.24, 2.45) is 11.3 Å². The van der Waals surface area contributed by atoms with Gasteiger partial charge in [-0.25, -0.2) is 0 Å². The highest BCUT2D eigenvalue weighted by Crippen LogP contribution is 2.43. The van der Waals surface area contributed by atoms with Gasteiger partial charge in [0.05, 0.1) is 13.2 Å². The molecule has 0 aromatic rings. The minimum absolute atomic E-state index is 0.378. The molecule has 2 heteroatoms. The van der Waals surface area contributed by atoms with Crippen molar-refractivity contribution in [3.63, 3.8) is 0 Å². The third-order valence-electron chi connectivity index (χ3n) is 3.90. The minimum Gasteiger partial charge on any atom is -0.346 e. The molecule has 1 aliphatic rings. The summed E-state index contributed by atoms with van der Waals surface area (Å²) in [6.45, 7) is 24.7. The third-order valence-corrected chi connectivity index (χ3v) is 3.90. The Morgan fingerprint density at radius 2 is 1.30 bits per heavy atom. The summed E-state index contributed by atoms with van der Waals surface area (Å²) in [5.41, 5.74) is 0.378. The van der Waals surface area contributed by atoms with Gasteiger partial charge >= 0.3 is 0 Å². The fourth-order valence-corrected chi connectivity index (χ4v) is 2.68. The molecule has 0 unspecified atom stereocenters. The Balaban J connectivity index is 0. The van der Waals surface area contributed by atoms with Crippen LogP contribution in [0.4, 0.5) is 0 Å². The van der Waals surface area contributed by atoms with Gasteiger partial charge in [0.15, 0.2) is 5.79 Å². The molecule has 0 aromatic heterocycles. The summed E-state index contributed by atoms with van der Waals surface area (Å²) in [5, 5.41) is 0. The molecule has 0 saturated heterocycles. The lowest BCUT2D eigenvalue weighted by atomic mass is 9.71. The molecule has 0 bridgehead atoms. The summed E-state index contributed by atoms with van der Waals surface area (Å²) in [5.74, 6) is 0.342. The van der Waals surface area contributed by atoms with Gasteiger partial charge in [0.1, 0.15) is 0 Å². The van der Waals surface area contributed by atoms with Gasteiger partial charge in [-0.2, -0.15) is 0 Å². The molecule has 2 nitrogen and oxygen atoms in total. The lowest BCUT2D eigenvalue weighted by molar-refractivity contribution is -0.248. The second kappa shape index (κ2) is 13.6. The highest BCUT2D eigenvalue weighted by Gasteiger charge is 2.40. The van der Waals surface area contributed by atoms with E-state index in [4.69, 9.17) is 9.47 Å². The number of allylic oxidation sites excluding steroid dienone is 1. The Labute approximate surface area is 145 Å². The highest BCUT2D eigenvalue weighted by molar-refractivity contribution is 4.87. The average Bonchev–Trinajstić information content (AvgIpc) is 2.53. The highest BCUT2D eigenvalue weighted by atomic mass is 16.7. The van der Waals surface area contributed by atoms with Gasteiger partial charge < -0.3 is 9.47 Å². The molecule has 0 spiro atoms. The van der Waals surface area contributed by atoms with E-state index < -0.39 is 5.79 Å². The first-order chi connectivity index (χ1) is 10.8. The van der Waals surface area contributed by atoms with Crippen LogP contribution in [-0.2, 0) is 9.47 Å². The van der Waals surface area contributed by atoms with Crippen LogP contribution in [0, 0.1) is 11.3 Å². The Hall–Kier alpha value is -0.860. The van der Waals surface area contributed by atoms with Gasteiger partial charge in [-0.05, 0) is 31.1 Å². The van der Waals surface area contributed by atoms with Crippen LogP contribution in [0.25, 0.3) is 0 Å². The number of hydrogen-bond acceptors (Lipinski definition) is 2. The standard InChI is InChI=1S/C16H28O2.C3H6.C2H6/c1-6-12-17-16(18-13-7-2)10-8-14(9-11-16)15(3,4)5;1-3-2;1-2/h6-7,14H,1-2,8-13H2,3-5H3;3H,1H2,2H3;1-2H3. The molecule has 0 amide bonds. The molecule has 1 aliphatic carbocycles. The Bertz CT molecular complexity index is 290. The zero-order chi connectivity index (χ0) is 18.4. The normalized spacial score (nSPS) is 17.0. The lowest BCUT2D eigenvalue weighted by Gasteiger charge is -2.43. The lowest BCUT2D eigenvalue weighted by Crippen LogP contribution is -2.42. The second-order valence-electron chi connectivity index (χ2n) is 6.66. The summed E-state index contributed by atoms with van der Waals surface area (Å²) in [6, 6.07) is 0. The van der Waals surface area contributed by atoms with E-state index in [9.17, 15) is 0 Å². The molecule has 23 heavy (non-hydrogen) atoms. The number of rotatable bonds is 6. The van der Waals surface area contributed by atoms with Crippen molar-refractivity contribution >= 4 is 0 Å². The molecular weight excluding hydrogens is 284 g/mol. The third kappa shape index (κ3) is 10.5. The first kappa shape index (κ1) is 24.4. The van der Waals surface area contributed by atoms with Crippen LogP contribution in [-0.4, -0.2) is 19.0 Å². The SMILES string of the molecule is C=CC.C=CCOC1(OCC=C)CCC(C(C)(C)C)CC1.CC. The molecule has 136 valence electrons. The fraction of sp³-hybridized carbons (Fsp3) is 0.714. The van der Waals surface area contributed by atoms with E-state index in [1.165, 1.54) is 0 Å². The molecule has 0 atom stereocenters. The van der Waals surface area contributed by atoms with E-state index >= 15 is 0 Å². The Morgan fingerprint density at radius 1 is 0.957 bits per heavy atom. The largest absolute Gasteiger partial charge is 0.346 e. The quantitative estimate of drug-likeness (QED) is 0.408. The monoisotopic (exact) mass is 324 g/mol. The molecule has 1 fully saturated rings. The minimum atomic E-state index is -0.413. The number of hydrogen-bond donors (Lipinski definition) is 0. The zero-order valence-corrected chi connectivity index (χ0v) is 16.5. The maximum atomic E-state index is 5.89. The van der Waals surface area contributed by atoms with Crippen molar-refractivity contribution in [2.45, 2.75) is 73.0 Å². The molecule has 0 heterocycles. The smallest absolute Gasteiger partial charge is 0.169 e. The van der Waals surface area contributed by atoms with E-state index in [0.717, 1.165) is 31.6 Å². The van der Waals surface area contributed by atoms with Crippen molar-refractivity contribution in [1.82, 2.24) is 0 Å². The van der Waals surface area contributed by atoms with Crippen LogP contribution in [0.15, 0.2) is 38.0 Å². The van der Waals surface area contributed by atoms with Crippen LogP contribution in [0.2, 0.25) is 0 Å². The predicted molar refractivity (Wildman–Crippen MR) is 104 cm³/mol. The molecule has 0 aromatic carbocycles. The summed E-state index contributed by atoms with van der Waals surface area (Å²) in [6.07, 6.45) is 9.59. The van der Waals surface area contributed by atoms with Crippen molar-refractivity contribution in [3.8, 4) is 0 Å². The van der Waals surface area contributed by atoms with Crippen LogP contribution >= 0.6 is 0 Å². The molecule has 0 aliphatic heterocycles. The van der Waals surface area contributed by atoms with Gasteiger partial charge in [0.2, 0.25) is 0 Å². The molecule has 1 saturated carbocycles. The van der Waals surface area contributed by atoms with Crippen molar-refractivity contribution in [2.75, 3.05) is 13.2 Å². The average molecular weight is 325 g/mol. The van der Waals surface area contributed by atoms with Gasteiger partial charge in [-0.15, -0.1) is 19.7 Å². The maximum absolute atomic E-state index is 5.89. The van der Waals surface area contributed by atoms with E-state index in [0.29, 0.717) is 18.6 Å². The van der Waals surface area contributed by atoms with Gasteiger partial charge in [-0.3, -0.25) is 0 Å². The van der Waals surface area contributed by atoms with Crippen LogP contribution in [0.1, 0.15) is 67.2 Å². The first-order valence-corrected chi connectivity index (χ1v) is 8.92. The van der Waals surface area contributed by atoms with E-state index in [-0.39, 0.29) is 0 Å². The summed E-state index contributed by atoms with van der Waals surface area (Å²) >= 11 is 0. The van der Waals surface area contributed by atoms with E-state index in [2.05, 4.69) is 40.5 Å². The summed E-state index contributed by atoms with van der Waals surface area (Å²) in [4.78, 5) is 0. The van der Waals surface area contributed by atoms with Crippen LogP contribution in [0.3, 0.4) is 0 Å². The van der Waals surface area contributed by atoms with Crippen LogP contribution < -0.4 is 0 Å². The maximum Gasteiger partial charge on any atom is 0.169 e. The Kier molecular flexibility index (Phi) is 14.4. The van der Waals surface area contributed by atoms with Gasteiger partial charge in [0.25, 0.3) is 0 Å². The fourth-order valence-electron chi connectivity index (χ4n) is 2.68. The second-order valence-corrected chi connectivity index (χ2v) is 6.66. The number of ether oxygens (including phenoxy) is 2. The van der Waals surface area contributed by atoms with E-state index in [1.807, 2.05) is 20.8 Å². The first-order valence-electron chi connectivity index (χ1n) is 8.92. The van der Waals surface area contributed by atoms with E-state index in [1.54, 1.807) is 18.2 Å². The summed E-state index contributed by atoms with van der Waals surface area (Å²) < 4.78 is 11.8. The predicted octanol–water partition coefficient (Wildman–Crippen LogP) is 6.54. The molecule has 1 rings (SSSR count). The molecule has 0 radical (unpaired) electrons. The molecule has 0 N–H and O–H groups in total. The van der Waals surface area contributed by atoms with Crippen LogP contribution in [0.5, 0.6) is 0 Å². The zero-order valence-electron chi connectivity index (χ0n) is 16.5. The van der Waals surface area contributed by atoms with Gasteiger partial charge in [-0.1, -0.05) is 52.8 Å². The summed E-state index contributed by atoms with van der Waals surface area (Å²) in [7, 11) is 0. The van der Waals surface area contributed by atoms with Crippen molar-refractivity contribution in [1.29, 1.82) is 0 Å². The van der Waals surface area contributed by atoms with Crippen molar-refractivity contribution in [3.05, 3.63) is 38.0 Å².